The van der Waals surface area contributed by atoms with Crippen LogP contribution in [0.15, 0.2) is 39.7 Å². The fraction of sp³-hybridized carbons (Fsp3) is 0.250. The van der Waals surface area contributed by atoms with Gasteiger partial charge < -0.3 is 13.9 Å². The van der Waals surface area contributed by atoms with E-state index in [4.69, 9.17) is 13.9 Å². The molecule has 1 aliphatic rings. The molecule has 1 aliphatic heterocycles. The number of methoxy groups -OCH3 is 1. The molecule has 0 bridgehead atoms. The van der Waals surface area contributed by atoms with Crippen molar-refractivity contribution in [1.29, 1.82) is 0 Å². The van der Waals surface area contributed by atoms with Gasteiger partial charge in [0.05, 0.1) is 34.7 Å². The van der Waals surface area contributed by atoms with Gasteiger partial charge in [-0.25, -0.2) is 0 Å². The van der Waals surface area contributed by atoms with Crippen LogP contribution in [-0.4, -0.2) is 46.7 Å². The van der Waals surface area contributed by atoms with Crippen molar-refractivity contribution in [2.45, 2.75) is 20.0 Å². The van der Waals surface area contributed by atoms with Crippen LogP contribution in [0.3, 0.4) is 0 Å². The molecule has 0 aliphatic carbocycles. The predicted molar refractivity (Wildman–Crippen MR) is 111 cm³/mol. The van der Waals surface area contributed by atoms with Gasteiger partial charge in [-0.2, -0.15) is 0 Å². The summed E-state index contributed by atoms with van der Waals surface area (Å²) >= 11 is 0.686. The number of rotatable bonds is 7. The lowest BCUT2D eigenvalue weighted by Crippen LogP contribution is -2.35. The zero-order chi connectivity index (χ0) is 22.7. The lowest BCUT2D eigenvalue weighted by Gasteiger charge is -2.13. The van der Waals surface area contributed by atoms with Crippen LogP contribution < -0.4 is 4.74 Å². The summed E-state index contributed by atoms with van der Waals surface area (Å²) in [6, 6.07) is 7.28. The van der Waals surface area contributed by atoms with Gasteiger partial charge in [-0.3, -0.25) is 29.4 Å². The van der Waals surface area contributed by atoms with E-state index < -0.39 is 28.6 Å². The van der Waals surface area contributed by atoms with Crippen LogP contribution in [0.2, 0.25) is 0 Å². The molecule has 10 nitrogen and oxygen atoms in total. The van der Waals surface area contributed by atoms with E-state index in [1.807, 2.05) is 0 Å². The highest BCUT2D eigenvalue weighted by molar-refractivity contribution is 8.18. The molecule has 0 atom stereocenters. The largest absolute Gasteiger partial charge is 0.496 e. The third-order valence-electron chi connectivity index (χ3n) is 4.09. The number of esters is 1. The minimum Gasteiger partial charge on any atom is -0.496 e. The summed E-state index contributed by atoms with van der Waals surface area (Å²) in [4.78, 5) is 47.7. The number of non-ortho nitro benzene ring substituents is 1. The summed E-state index contributed by atoms with van der Waals surface area (Å²) in [6.07, 6.45) is 1.03. The monoisotopic (exact) mass is 446 g/mol. The summed E-state index contributed by atoms with van der Waals surface area (Å²) < 4.78 is 15.9. The van der Waals surface area contributed by atoms with Crippen molar-refractivity contribution in [3.8, 4) is 17.1 Å². The van der Waals surface area contributed by atoms with E-state index in [1.165, 1.54) is 31.4 Å². The molecule has 11 heteroatoms. The Morgan fingerprint density at radius 1 is 1.29 bits per heavy atom. The van der Waals surface area contributed by atoms with Gasteiger partial charge in [0.25, 0.3) is 16.8 Å². The molecule has 31 heavy (non-hydrogen) atoms. The van der Waals surface area contributed by atoms with E-state index in [0.717, 1.165) is 4.90 Å². The molecule has 0 spiro atoms. The highest BCUT2D eigenvalue weighted by Crippen LogP contribution is 2.36. The Bertz CT molecular complexity index is 1090. The number of hydrogen-bond donors (Lipinski definition) is 0. The molecule has 0 radical (unpaired) electrons. The molecule has 0 unspecified atom stereocenters. The van der Waals surface area contributed by atoms with Crippen LogP contribution in [0.1, 0.15) is 19.6 Å². The molecular formula is C20H18N2O8S. The van der Waals surface area contributed by atoms with Crippen LogP contribution in [0.5, 0.6) is 5.75 Å². The van der Waals surface area contributed by atoms with Crippen LogP contribution in [-0.2, 0) is 14.3 Å². The van der Waals surface area contributed by atoms with Gasteiger partial charge in [0.15, 0.2) is 0 Å². The van der Waals surface area contributed by atoms with Crippen molar-refractivity contribution >= 4 is 40.6 Å². The van der Waals surface area contributed by atoms with Crippen molar-refractivity contribution in [2.75, 3.05) is 13.7 Å². The standard InChI is InChI=1S/C20H18N2O8S/c1-11(2)29-18(23)10-21-19(24)17(31-20(21)25)9-13-5-7-15(30-13)14-6-4-12(22(26)27)8-16(14)28-3/h4-9,11H,10H2,1-3H3/b17-9+. The van der Waals surface area contributed by atoms with Gasteiger partial charge in [-0.1, -0.05) is 0 Å². The average molecular weight is 446 g/mol. The quantitative estimate of drug-likeness (QED) is 0.269. The van der Waals surface area contributed by atoms with Gasteiger partial charge in [-0.05, 0) is 43.8 Å². The van der Waals surface area contributed by atoms with Gasteiger partial charge >= 0.3 is 5.97 Å². The first-order chi connectivity index (χ1) is 14.7. The number of ether oxygens (including phenoxy) is 2. The zero-order valence-corrected chi connectivity index (χ0v) is 17.6. The number of nitro groups is 1. The summed E-state index contributed by atoms with van der Waals surface area (Å²) in [6.45, 7) is 2.86. The minimum absolute atomic E-state index is 0.0962. The van der Waals surface area contributed by atoms with Crippen molar-refractivity contribution in [3.05, 3.63) is 51.1 Å². The Kier molecular flexibility index (Phi) is 6.44. The van der Waals surface area contributed by atoms with Crippen molar-refractivity contribution in [1.82, 2.24) is 4.90 Å². The lowest BCUT2D eigenvalue weighted by atomic mass is 10.1. The van der Waals surface area contributed by atoms with Crippen LogP contribution in [0.4, 0.5) is 10.5 Å². The molecule has 1 aromatic heterocycles. The van der Waals surface area contributed by atoms with Gasteiger partial charge in [0.2, 0.25) is 0 Å². The Balaban J connectivity index is 1.81. The second kappa shape index (κ2) is 9.04. The number of carbonyl (C=O) groups excluding carboxylic acids is 3. The smallest absolute Gasteiger partial charge is 0.326 e. The number of carbonyl (C=O) groups is 3. The van der Waals surface area contributed by atoms with E-state index >= 15 is 0 Å². The van der Waals surface area contributed by atoms with Crippen molar-refractivity contribution in [3.63, 3.8) is 0 Å². The molecule has 1 saturated heterocycles. The predicted octanol–water partition coefficient (Wildman–Crippen LogP) is 3.85. The number of nitro benzene ring substituents is 1. The van der Waals surface area contributed by atoms with Gasteiger partial charge in [-0.15, -0.1) is 0 Å². The van der Waals surface area contributed by atoms with E-state index in [9.17, 15) is 24.5 Å². The van der Waals surface area contributed by atoms with E-state index in [1.54, 1.807) is 26.0 Å². The van der Waals surface area contributed by atoms with Crippen LogP contribution >= 0.6 is 11.8 Å². The third kappa shape index (κ3) is 4.94. The second-order valence-electron chi connectivity index (χ2n) is 6.65. The SMILES string of the molecule is COc1cc([N+](=O)[O-])ccc1-c1ccc(/C=C2/SC(=O)N(CC(=O)OC(C)C)C2=O)o1. The number of amides is 2. The molecule has 0 saturated carbocycles. The van der Waals surface area contributed by atoms with E-state index in [-0.39, 0.29) is 28.2 Å². The number of thioether (sulfide) groups is 1. The number of imide groups is 1. The van der Waals surface area contributed by atoms with Crippen molar-refractivity contribution in [2.24, 2.45) is 0 Å². The molecule has 1 fully saturated rings. The molecule has 3 rings (SSSR count). The number of hydrogen-bond acceptors (Lipinski definition) is 9. The fourth-order valence-electron chi connectivity index (χ4n) is 2.77. The minimum atomic E-state index is -0.677. The van der Waals surface area contributed by atoms with Gasteiger partial charge in [0, 0.05) is 12.1 Å². The third-order valence-corrected chi connectivity index (χ3v) is 5.00. The number of nitrogens with zero attached hydrogens (tertiary/aromatic N) is 2. The summed E-state index contributed by atoms with van der Waals surface area (Å²) in [5.41, 5.74) is 0.356. The Morgan fingerprint density at radius 3 is 2.68 bits per heavy atom. The molecule has 1 aromatic carbocycles. The highest BCUT2D eigenvalue weighted by Gasteiger charge is 2.37. The maximum Gasteiger partial charge on any atom is 0.326 e. The first kappa shape index (κ1) is 22.1. The molecule has 2 amide bonds. The first-order valence-corrected chi connectivity index (χ1v) is 9.88. The van der Waals surface area contributed by atoms with Gasteiger partial charge in [0.1, 0.15) is 23.8 Å². The van der Waals surface area contributed by atoms with Crippen LogP contribution in [0, 0.1) is 10.1 Å². The molecule has 0 N–H and O–H groups in total. The lowest BCUT2D eigenvalue weighted by molar-refractivity contribution is -0.384. The first-order valence-electron chi connectivity index (χ1n) is 9.07. The summed E-state index contributed by atoms with van der Waals surface area (Å²) in [5, 5.41) is 10.4. The number of benzene rings is 1. The van der Waals surface area contributed by atoms with Crippen molar-refractivity contribution < 1.29 is 33.2 Å². The number of furan rings is 1. The maximum absolute atomic E-state index is 12.5. The summed E-state index contributed by atoms with van der Waals surface area (Å²) in [5.74, 6) is -0.409. The maximum atomic E-state index is 12.5. The normalized spacial score (nSPS) is 15.1. The second-order valence-corrected chi connectivity index (χ2v) is 7.64. The Labute approximate surface area is 180 Å². The fourth-order valence-corrected chi connectivity index (χ4v) is 3.59. The Morgan fingerprint density at radius 2 is 2.03 bits per heavy atom. The molecule has 162 valence electrons. The molecular weight excluding hydrogens is 428 g/mol. The van der Waals surface area contributed by atoms with Crippen LogP contribution in [0.25, 0.3) is 17.4 Å². The van der Waals surface area contributed by atoms with E-state index in [2.05, 4.69) is 0 Å². The van der Waals surface area contributed by atoms with E-state index in [0.29, 0.717) is 23.1 Å². The highest BCUT2D eigenvalue weighted by atomic mass is 32.2. The Hall–Kier alpha value is -3.60. The zero-order valence-electron chi connectivity index (χ0n) is 16.8. The summed E-state index contributed by atoms with van der Waals surface area (Å²) in [7, 11) is 1.38. The average Bonchev–Trinajstić information content (AvgIpc) is 3.27. The molecule has 2 heterocycles. The molecule has 2 aromatic rings. The topological polar surface area (TPSA) is 129 Å².